The predicted molar refractivity (Wildman–Crippen MR) is 87.3 cm³/mol. The Bertz CT molecular complexity index is 656. The van der Waals surface area contributed by atoms with Crippen LogP contribution in [0.5, 0.6) is 5.75 Å². The zero-order valence-corrected chi connectivity index (χ0v) is 13.3. The van der Waals surface area contributed by atoms with Crippen LogP contribution in [-0.2, 0) is 6.61 Å². The van der Waals surface area contributed by atoms with Gasteiger partial charge in [0.1, 0.15) is 11.6 Å². The van der Waals surface area contributed by atoms with Crippen molar-refractivity contribution in [1.29, 1.82) is 0 Å². The number of benzene rings is 1. The standard InChI is InChI=1S/C17H23N3O3/c1-2-23-16-4-3-12(7-13(16)10-21)17-18-5-6-20(17)15-8-14(11-22)19-9-15/h3-7,14-15,19,21-22H,2,8-11H2,1H3/t14-,15+/m0/s1. The number of ether oxygens (including phenoxy) is 1. The van der Waals surface area contributed by atoms with Crippen molar-refractivity contribution in [2.75, 3.05) is 19.8 Å². The first-order valence-electron chi connectivity index (χ1n) is 8.00. The van der Waals surface area contributed by atoms with Crippen molar-refractivity contribution >= 4 is 0 Å². The van der Waals surface area contributed by atoms with Gasteiger partial charge in [0, 0.05) is 42.1 Å². The molecule has 1 aromatic carbocycles. The molecule has 0 amide bonds. The minimum Gasteiger partial charge on any atom is -0.494 e. The Morgan fingerprint density at radius 2 is 2.26 bits per heavy atom. The monoisotopic (exact) mass is 317 g/mol. The van der Waals surface area contributed by atoms with E-state index in [2.05, 4.69) is 14.9 Å². The summed E-state index contributed by atoms with van der Waals surface area (Å²) in [6.45, 7) is 3.39. The van der Waals surface area contributed by atoms with E-state index in [-0.39, 0.29) is 25.3 Å². The third-order valence-electron chi connectivity index (χ3n) is 4.27. The van der Waals surface area contributed by atoms with Crippen molar-refractivity contribution in [2.24, 2.45) is 0 Å². The molecule has 6 nitrogen and oxygen atoms in total. The minimum absolute atomic E-state index is 0.0680. The van der Waals surface area contributed by atoms with Gasteiger partial charge in [0.25, 0.3) is 0 Å². The highest BCUT2D eigenvalue weighted by Crippen LogP contribution is 2.29. The lowest BCUT2D eigenvalue weighted by molar-refractivity contribution is 0.253. The van der Waals surface area contributed by atoms with Gasteiger partial charge in [-0.25, -0.2) is 4.98 Å². The Morgan fingerprint density at radius 1 is 1.39 bits per heavy atom. The van der Waals surface area contributed by atoms with Crippen LogP contribution in [0.4, 0.5) is 0 Å². The van der Waals surface area contributed by atoms with E-state index < -0.39 is 0 Å². The number of rotatable bonds is 6. The number of aliphatic hydroxyl groups excluding tert-OH is 2. The molecule has 0 spiro atoms. The van der Waals surface area contributed by atoms with Crippen LogP contribution < -0.4 is 10.1 Å². The van der Waals surface area contributed by atoms with Gasteiger partial charge < -0.3 is 24.8 Å². The number of nitrogens with zero attached hydrogens (tertiary/aromatic N) is 2. The molecule has 124 valence electrons. The molecule has 2 heterocycles. The number of hydrogen-bond donors (Lipinski definition) is 3. The summed E-state index contributed by atoms with van der Waals surface area (Å²) >= 11 is 0. The van der Waals surface area contributed by atoms with Crippen molar-refractivity contribution in [1.82, 2.24) is 14.9 Å². The maximum atomic E-state index is 9.57. The van der Waals surface area contributed by atoms with Gasteiger partial charge in [0.2, 0.25) is 0 Å². The first-order valence-corrected chi connectivity index (χ1v) is 8.00. The van der Waals surface area contributed by atoms with E-state index in [1.807, 2.05) is 31.3 Å². The number of hydrogen-bond acceptors (Lipinski definition) is 5. The summed E-state index contributed by atoms with van der Waals surface area (Å²) in [6, 6.07) is 6.19. The molecule has 3 N–H and O–H groups in total. The van der Waals surface area contributed by atoms with Crippen LogP contribution >= 0.6 is 0 Å². The Morgan fingerprint density at radius 3 is 2.96 bits per heavy atom. The number of imidazole rings is 1. The normalized spacial score (nSPS) is 20.8. The van der Waals surface area contributed by atoms with E-state index in [0.29, 0.717) is 12.4 Å². The number of nitrogens with one attached hydrogen (secondary N) is 1. The van der Waals surface area contributed by atoms with Crippen molar-refractivity contribution < 1.29 is 14.9 Å². The number of aromatic nitrogens is 2. The highest BCUT2D eigenvalue weighted by Gasteiger charge is 2.26. The Balaban J connectivity index is 1.90. The summed E-state index contributed by atoms with van der Waals surface area (Å²) in [5.74, 6) is 1.58. The largest absolute Gasteiger partial charge is 0.494 e. The molecular weight excluding hydrogens is 294 g/mol. The van der Waals surface area contributed by atoms with Gasteiger partial charge >= 0.3 is 0 Å². The molecule has 23 heavy (non-hydrogen) atoms. The molecule has 2 aromatic rings. The molecule has 0 bridgehead atoms. The van der Waals surface area contributed by atoms with Crippen LogP contribution in [0.1, 0.15) is 24.9 Å². The van der Waals surface area contributed by atoms with Crippen molar-refractivity contribution in [3.8, 4) is 17.1 Å². The van der Waals surface area contributed by atoms with Gasteiger partial charge in [-0.2, -0.15) is 0 Å². The first-order chi connectivity index (χ1) is 11.3. The fraction of sp³-hybridized carbons (Fsp3) is 0.471. The van der Waals surface area contributed by atoms with Crippen molar-refractivity contribution in [2.45, 2.75) is 32.0 Å². The second-order valence-corrected chi connectivity index (χ2v) is 5.75. The average Bonchev–Trinajstić information content (AvgIpc) is 3.24. The third kappa shape index (κ3) is 3.24. The summed E-state index contributed by atoms with van der Waals surface area (Å²) in [4.78, 5) is 4.48. The quantitative estimate of drug-likeness (QED) is 0.749. The molecule has 3 rings (SSSR count). The number of aliphatic hydroxyl groups is 2. The van der Waals surface area contributed by atoms with Crippen LogP contribution in [0.15, 0.2) is 30.6 Å². The summed E-state index contributed by atoms with van der Waals surface area (Å²) < 4.78 is 7.67. The highest BCUT2D eigenvalue weighted by atomic mass is 16.5. The van der Waals surface area contributed by atoms with E-state index >= 15 is 0 Å². The van der Waals surface area contributed by atoms with Crippen molar-refractivity contribution in [3.63, 3.8) is 0 Å². The second kappa shape index (κ2) is 7.12. The molecular formula is C17H23N3O3. The van der Waals surface area contributed by atoms with E-state index in [1.165, 1.54) is 0 Å². The Kier molecular flexibility index (Phi) is 4.95. The predicted octanol–water partition coefficient (Wildman–Crippen LogP) is 1.34. The van der Waals surface area contributed by atoms with Crippen LogP contribution in [0, 0.1) is 0 Å². The second-order valence-electron chi connectivity index (χ2n) is 5.75. The molecule has 0 radical (unpaired) electrons. The Hall–Kier alpha value is -1.89. The van der Waals surface area contributed by atoms with Gasteiger partial charge in [-0.05, 0) is 31.5 Å². The summed E-state index contributed by atoms with van der Waals surface area (Å²) in [5.41, 5.74) is 1.71. The first kappa shape index (κ1) is 16.0. The zero-order valence-electron chi connectivity index (χ0n) is 13.3. The van der Waals surface area contributed by atoms with Crippen LogP contribution in [0.3, 0.4) is 0 Å². The fourth-order valence-corrected chi connectivity index (χ4v) is 3.12. The van der Waals surface area contributed by atoms with E-state index in [4.69, 9.17) is 4.74 Å². The molecule has 1 saturated heterocycles. The lowest BCUT2D eigenvalue weighted by atomic mass is 10.1. The van der Waals surface area contributed by atoms with Gasteiger partial charge in [-0.15, -0.1) is 0 Å². The highest BCUT2D eigenvalue weighted by molar-refractivity contribution is 5.59. The third-order valence-corrected chi connectivity index (χ3v) is 4.27. The lowest BCUT2D eigenvalue weighted by Gasteiger charge is -2.16. The molecule has 1 aliphatic heterocycles. The molecule has 1 aliphatic rings. The summed E-state index contributed by atoms with van der Waals surface area (Å²) in [6.07, 6.45) is 4.64. The van der Waals surface area contributed by atoms with E-state index in [1.54, 1.807) is 6.20 Å². The van der Waals surface area contributed by atoms with Crippen molar-refractivity contribution in [3.05, 3.63) is 36.2 Å². The van der Waals surface area contributed by atoms with Crippen LogP contribution in [0.25, 0.3) is 11.4 Å². The maximum absolute atomic E-state index is 9.57. The topological polar surface area (TPSA) is 79.5 Å². The Labute approximate surface area is 135 Å². The molecule has 1 fully saturated rings. The van der Waals surface area contributed by atoms with Crippen LogP contribution in [-0.4, -0.2) is 45.6 Å². The lowest BCUT2D eigenvalue weighted by Crippen LogP contribution is -2.24. The molecule has 0 aliphatic carbocycles. The fourth-order valence-electron chi connectivity index (χ4n) is 3.12. The van der Waals surface area contributed by atoms with Gasteiger partial charge in [0.15, 0.2) is 0 Å². The van der Waals surface area contributed by atoms with E-state index in [0.717, 1.165) is 29.9 Å². The zero-order chi connectivity index (χ0) is 16.2. The summed E-state index contributed by atoms with van der Waals surface area (Å²) in [5, 5.41) is 22.2. The SMILES string of the molecule is CCOc1ccc(-c2nccn2[C@H]2CN[C@H](CO)C2)cc1CO. The average molecular weight is 317 g/mol. The summed E-state index contributed by atoms with van der Waals surface area (Å²) in [7, 11) is 0. The molecule has 0 saturated carbocycles. The van der Waals surface area contributed by atoms with Crippen LogP contribution in [0.2, 0.25) is 0 Å². The molecule has 6 heteroatoms. The van der Waals surface area contributed by atoms with E-state index in [9.17, 15) is 10.2 Å². The minimum atomic E-state index is -0.0680. The smallest absolute Gasteiger partial charge is 0.140 e. The molecule has 2 atom stereocenters. The van der Waals surface area contributed by atoms with Gasteiger partial charge in [-0.3, -0.25) is 0 Å². The maximum Gasteiger partial charge on any atom is 0.140 e. The van der Waals surface area contributed by atoms with Gasteiger partial charge in [-0.1, -0.05) is 0 Å². The van der Waals surface area contributed by atoms with Gasteiger partial charge in [0.05, 0.1) is 19.8 Å². The molecule has 1 aromatic heterocycles. The molecule has 0 unspecified atom stereocenters.